The van der Waals surface area contributed by atoms with Gasteiger partial charge >= 0.3 is 37.9 Å². The number of rotatable bonds is 6. The van der Waals surface area contributed by atoms with Gasteiger partial charge in [-0.3, -0.25) is 0 Å². The normalized spacial score (nSPS) is 11.8. The fraction of sp³-hybridized carbons (Fsp3) is 0.206. The molecule has 72 heavy (non-hydrogen) atoms. The Morgan fingerprint density at radius 3 is 1.28 bits per heavy atom. The molecule has 0 spiro atoms. The van der Waals surface area contributed by atoms with Crippen molar-refractivity contribution in [3.05, 3.63) is 229 Å². The summed E-state index contributed by atoms with van der Waals surface area (Å²) in [5.74, 6) is 0.977. The van der Waals surface area contributed by atoms with Gasteiger partial charge in [-0.15, -0.1) is 74.6 Å². The van der Waals surface area contributed by atoms with Crippen molar-refractivity contribution in [3.63, 3.8) is 0 Å². The molecule has 0 N–H and O–H groups in total. The Balaban J connectivity index is 0.000000149. The molecule has 0 bridgehead atoms. The van der Waals surface area contributed by atoms with Crippen LogP contribution < -0.4 is 10.4 Å². The molecule has 1 heterocycles. The summed E-state index contributed by atoms with van der Waals surface area (Å²) in [6.07, 6.45) is 0. The number of hydrogen-bond acceptors (Lipinski definition) is 0. The van der Waals surface area contributed by atoms with Gasteiger partial charge in [0.15, 0.2) is 0 Å². The summed E-state index contributed by atoms with van der Waals surface area (Å²) in [6, 6.07) is 76.1. The summed E-state index contributed by atoms with van der Waals surface area (Å²) in [5, 5.41) is 8.18. The number of fused-ring (bicyclic) bond motifs is 5. The SMILES string of the molecule is CC(C)c1ccccc1-c1c(C(C)(C)C)ccc2[cH-]c(-c3ccccc3)cc12.CC(C)c1ccccc1-c1c(C(C)(C)C)ccc2[cH-]c(-c3ccccc3)cc12.[Cl][Zr][Cl].[c-]1cccc2c1[Si]c1ccccc1-2. The van der Waals surface area contributed by atoms with Crippen molar-refractivity contribution in [2.45, 2.75) is 91.9 Å². The van der Waals surface area contributed by atoms with Crippen molar-refractivity contribution in [1.82, 2.24) is 0 Å². The van der Waals surface area contributed by atoms with Gasteiger partial charge in [-0.05, 0) is 67.2 Å². The molecule has 11 rings (SSSR count). The van der Waals surface area contributed by atoms with Gasteiger partial charge in [0.2, 0.25) is 0 Å². The fourth-order valence-corrected chi connectivity index (χ4v) is 11.5. The minimum Gasteiger partial charge on any atom is -0.184 e. The molecule has 0 fully saturated rings. The molecular weight excluding hydrogens is 1010 g/mol. The van der Waals surface area contributed by atoms with E-state index in [1.165, 1.54) is 110 Å². The Kier molecular flexibility index (Phi) is 17.1. The first kappa shape index (κ1) is 53.0. The molecule has 0 nitrogen and oxygen atoms in total. The monoisotopic (exact) mass is 1070 g/mol. The van der Waals surface area contributed by atoms with Gasteiger partial charge < -0.3 is 0 Å². The molecule has 10 aromatic carbocycles. The Morgan fingerprint density at radius 2 is 0.847 bits per heavy atom. The number of benzene rings is 8. The smallest absolute Gasteiger partial charge is 0.0920 e. The van der Waals surface area contributed by atoms with Crippen LogP contribution in [0.3, 0.4) is 0 Å². The van der Waals surface area contributed by atoms with Crippen LogP contribution in [-0.4, -0.2) is 9.52 Å². The average Bonchev–Trinajstić information content (AvgIpc) is 4.12. The van der Waals surface area contributed by atoms with Crippen molar-refractivity contribution < 1.29 is 20.8 Å². The van der Waals surface area contributed by atoms with E-state index in [4.69, 9.17) is 17.0 Å². The van der Waals surface area contributed by atoms with Crippen LogP contribution in [0, 0.1) is 6.07 Å². The summed E-state index contributed by atoms with van der Waals surface area (Å²) in [6.45, 7) is 23.0. The maximum Gasteiger partial charge on any atom is 0.0920 e. The van der Waals surface area contributed by atoms with Gasteiger partial charge in [-0.25, -0.2) is 0 Å². The topological polar surface area (TPSA) is 0 Å². The molecule has 10 aromatic rings. The van der Waals surface area contributed by atoms with E-state index in [-0.39, 0.29) is 10.8 Å². The van der Waals surface area contributed by atoms with Crippen LogP contribution in [0.2, 0.25) is 0 Å². The molecule has 1 aliphatic rings. The van der Waals surface area contributed by atoms with Crippen molar-refractivity contribution in [2.24, 2.45) is 0 Å². The van der Waals surface area contributed by atoms with E-state index >= 15 is 0 Å². The molecule has 0 aliphatic carbocycles. The van der Waals surface area contributed by atoms with Crippen LogP contribution in [0.15, 0.2) is 200 Å². The molecule has 0 saturated heterocycles. The predicted octanol–water partition coefficient (Wildman–Crippen LogP) is 19.1. The van der Waals surface area contributed by atoms with Crippen LogP contribution in [0.1, 0.15) is 103 Å². The van der Waals surface area contributed by atoms with Crippen LogP contribution in [-0.2, 0) is 31.7 Å². The first-order valence-corrected chi connectivity index (χ1v) is 32.5. The van der Waals surface area contributed by atoms with Gasteiger partial charge in [0.25, 0.3) is 0 Å². The van der Waals surface area contributed by atoms with E-state index in [1.807, 2.05) is 6.07 Å². The van der Waals surface area contributed by atoms with Crippen LogP contribution in [0.5, 0.6) is 0 Å². The van der Waals surface area contributed by atoms with E-state index in [2.05, 4.69) is 269 Å². The van der Waals surface area contributed by atoms with Crippen molar-refractivity contribution in [1.29, 1.82) is 0 Å². The van der Waals surface area contributed by atoms with Crippen LogP contribution >= 0.6 is 17.0 Å². The Hall–Kier alpha value is -5.34. The molecule has 0 amide bonds. The van der Waals surface area contributed by atoms with E-state index in [9.17, 15) is 0 Å². The van der Waals surface area contributed by atoms with Crippen molar-refractivity contribution >= 4 is 58.5 Å². The molecule has 362 valence electrons. The maximum absolute atomic E-state index is 4.93. The van der Waals surface area contributed by atoms with Crippen molar-refractivity contribution in [2.75, 3.05) is 0 Å². The van der Waals surface area contributed by atoms with Gasteiger partial charge in [0.05, 0.1) is 9.52 Å². The first-order chi connectivity index (χ1) is 34.6. The fourth-order valence-electron chi connectivity index (χ4n) is 10.2. The van der Waals surface area contributed by atoms with Crippen LogP contribution in [0.25, 0.3) is 77.2 Å². The third-order valence-corrected chi connectivity index (χ3v) is 15.0. The minimum atomic E-state index is -0.826. The molecule has 1 aliphatic heterocycles. The van der Waals surface area contributed by atoms with Crippen LogP contribution in [0.4, 0.5) is 0 Å². The average molecular weight is 1070 g/mol. The zero-order chi connectivity index (χ0) is 51.2. The zero-order valence-corrected chi connectivity index (χ0v) is 48.4. The third-order valence-electron chi connectivity index (χ3n) is 13.6. The zero-order valence-electron chi connectivity index (χ0n) is 43.5. The predicted molar refractivity (Wildman–Crippen MR) is 314 cm³/mol. The molecule has 0 atom stereocenters. The second-order valence-corrected chi connectivity index (χ2v) is 26.4. The molecule has 0 saturated carbocycles. The quantitative estimate of drug-likeness (QED) is 0.115. The van der Waals surface area contributed by atoms with E-state index in [0.29, 0.717) is 11.8 Å². The summed E-state index contributed by atoms with van der Waals surface area (Å²) in [7, 11) is 10.7. The molecule has 0 aromatic heterocycles. The van der Waals surface area contributed by atoms with Crippen molar-refractivity contribution in [3.8, 4) is 55.6 Å². The molecule has 0 unspecified atom stereocenters. The standard InChI is InChI=1S/2C28H29.C12H7Si.2ClH.Zr/c2*1-19(2)23-13-9-10-14-24(23)27-25-18-22(20-11-7-6-8-12-20)17-21(25)15-16-26(27)28(3,4)5;1-3-7-11-9(5-1)10-6-2-4-8-12(10)13-11;;;/h2*6-19H,1-5H3;1-7H;2*1H;/q3*-1;;;+2/p-2. The molecular formula is C68H65Cl2SiZr-3. The van der Waals surface area contributed by atoms with Gasteiger partial charge in [-0.1, -0.05) is 237 Å². The third kappa shape index (κ3) is 11.9. The Morgan fingerprint density at radius 1 is 0.458 bits per heavy atom. The summed E-state index contributed by atoms with van der Waals surface area (Å²) < 4.78 is 0. The van der Waals surface area contributed by atoms with E-state index < -0.39 is 20.8 Å². The van der Waals surface area contributed by atoms with Gasteiger partial charge in [0.1, 0.15) is 0 Å². The molecule has 4 heteroatoms. The van der Waals surface area contributed by atoms with Gasteiger partial charge in [-0.2, -0.15) is 29.5 Å². The number of halogens is 2. The maximum atomic E-state index is 4.93. The summed E-state index contributed by atoms with van der Waals surface area (Å²) in [5.41, 5.74) is 19.3. The van der Waals surface area contributed by atoms with E-state index in [0.717, 1.165) is 9.52 Å². The second kappa shape index (κ2) is 23.3. The Bertz CT molecular complexity index is 3170. The second-order valence-electron chi connectivity index (χ2n) is 21.4. The largest absolute Gasteiger partial charge is 0.184 e. The molecule has 2 radical (unpaired) electrons. The Labute approximate surface area is 451 Å². The summed E-state index contributed by atoms with van der Waals surface area (Å²) >= 11 is -0.826. The number of hydrogen-bond donors (Lipinski definition) is 0. The first-order valence-electron chi connectivity index (χ1n) is 25.2. The summed E-state index contributed by atoms with van der Waals surface area (Å²) in [4.78, 5) is 0. The van der Waals surface area contributed by atoms with E-state index in [1.54, 1.807) is 0 Å². The van der Waals surface area contributed by atoms with Gasteiger partial charge in [0, 0.05) is 0 Å². The minimum absolute atomic E-state index is 0.0811.